The maximum Gasteiger partial charge on any atom is 0.333 e. The molecule has 0 aliphatic carbocycles. The zero-order valence-electron chi connectivity index (χ0n) is 12.5. The summed E-state index contributed by atoms with van der Waals surface area (Å²) in [5.41, 5.74) is 3.06. The number of para-hydroxylation sites is 1. The molecule has 21 heavy (non-hydrogen) atoms. The summed E-state index contributed by atoms with van der Waals surface area (Å²) in [4.78, 5) is 12.2. The van der Waals surface area contributed by atoms with Crippen LogP contribution in [0.25, 0.3) is 0 Å². The van der Waals surface area contributed by atoms with E-state index in [4.69, 9.17) is 4.74 Å². The average Bonchev–Trinajstić information content (AvgIpc) is 2.54. The Balaban J connectivity index is 2.24. The van der Waals surface area contributed by atoms with Crippen LogP contribution >= 0.6 is 0 Å². The lowest BCUT2D eigenvalue weighted by molar-refractivity contribution is -0.144. The lowest BCUT2D eigenvalue weighted by Gasteiger charge is -2.19. The van der Waals surface area contributed by atoms with E-state index in [2.05, 4.69) is 12.2 Å². The zero-order valence-corrected chi connectivity index (χ0v) is 12.5. The number of rotatable bonds is 6. The van der Waals surface area contributed by atoms with Crippen molar-refractivity contribution in [1.82, 2.24) is 0 Å². The SMILES string of the molecule is CCOC(=O)C(Nc1ccccc1)c1ccc(CC)cc1. The third kappa shape index (κ3) is 4.09. The predicted molar refractivity (Wildman–Crippen MR) is 85.3 cm³/mol. The molecule has 2 aromatic rings. The molecule has 0 amide bonds. The Hall–Kier alpha value is -2.29. The number of nitrogens with one attached hydrogen (secondary N) is 1. The fraction of sp³-hybridized carbons (Fsp3) is 0.278. The highest BCUT2D eigenvalue weighted by atomic mass is 16.5. The Bertz CT molecular complexity index is 564. The van der Waals surface area contributed by atoms with E-state index in [9.17, 15) is 4.79 Å². The number of hydrogen-bond donors (Lipinski definition) is 1. The molecule has 110 valence electrons. The molecule has 0 aromatic heterocycles. The van der Waals surface area contributed by atoms with E-state index in [0.717, 1.165) is 17.7 Å². The molecule has 0 radical (unpaired) electrons. The van der Waals surface area contributed by atoms with Crippen LogP contribution in [-0.4, -0.2) is 12.6 Å². The largest absolute Gasteiger partial charge is 0.464 e. The number of esters is 1. The van der Waals surface area contributed by atoms with Gasteiger partial charge in [-0.15, -0.1) is 0 Å². The average molecular weight is 283 g/mol. The van der Waals surface area contributed by atoms with Gasteiger partial charge in [-0.25, -0.2) is 4.79 Å². The molecule has 0 bridgehead atoms. The summed E-state index contributed by atoms with van der Waals surface area (Å²) in [6, 6.07) is 17.3. The smallest absolute Gasteiger partial charge is 0.333 e. The maximum atomic E-state index is 12.2. The van der Waals surface area contributed by atoms with E-state index < -0.39 is 6.04 Å². The Morgan fingerprint density at radius 2 is 1.71 bits per heavy atom. The fourth-order valence-electron chi connectivity index (χ4n) is 2.15. The van der Waals surface area contributed by atoms with Gasteiger partial charge < -0.3 is 10.1 Å². The molecular formula is C18H21NO2. The highest BCUT2D eigenvalue weighted by Crippen LogP contribution is 2.21. The number of carbonyl (C=O) groups is 1. The van der Waals surface area contributed by atoms with Gasteiger partial charge in [0, 0.05) is 5.69 Å². The minimum atomic E-state index is -0.488. The number of benzene rings is 2. The van der Waals surface area contributed by atoms with Crippen LogP contribution in [0.2, 0.25) is 0 Å². The molecule has 0 saturated heterocycles. The topological polar surface area (TPSA) is 38.3 Å². The fourth-order valence-corrected chi connectivity index (χ4v) is 2.15. The minimum Gasteiger partial charge on any atom is -0.464 e. The second-order valence-electron chi connectivity index (χ2n) is 4.79. The van der Waals surface area contributed by atoms with E-state index in [0.29, 0.717) is 6.61 Å². The van der Waals surface area contributed by atoms with Crippen molar-refractivity contribution in [1.29, 1.82) is 0 Å². The lowest BCUT2D eigenvalue weighted by atomic mass is 10.0. The molecule has 3 nitrogen and oxygen atoms in total. The molecule has 0 aliphatic heterocycles. The van der Waals surface area contributed by atoms with Gasteiger partial charge in [-0.1, -0.05) is 49.4 Å². The van der Waals surface area contributed by atoms with Crippen LogP contribution in [0.1, 0.15) is 31.0 Å². The lowest BCUT2D eigenvalue weighted by Crippen LogP contribution is -2.23. The first-order chi connectivity index (χ1) is 10.2. The standard InChI is InChI=1S/C18H21NO2/c1-3-14-10-12-15(13-11-14)17(18(20)21-4-2)19-16-8-6-5-7-9-16/h5-13,17,19H,3-4H2,1-2H3. The summed E-state index contributed by atoms with van der Waals surface area (Å²) in [6.07, 6.45) is 0.983. The number of ether oxygens (including phenoxy) is 1. The number of anilines is 1. The van der Waals surface area contributed by atoms with E-state index in [-0.39, 0.29) is 5.97 Å². The summed E-state index contributed by atoms with van der Waals surface area (Å²) < 4.78 is 5.19. The van der Waals surface area contributed by atoms with E-state index >= 15 is 0 Å². The van der Waals surface area contributed by atoms with Crippen LogP contribution in [0.5, 0.6) is 0 Å². The van der Waals surface area contributed by atoms with Crippen LogP contribution in [0.3, 0.4) is 0 Å². The van der Waals surface area contributed by atoms with Gasteiger partial charge in [0.15, 0.2) is 6.04 Å². The molecule has 0 fully saturated rings. The summed E-state index contributed by atoms with van der Waals surface area (Å²) in [6.45, 7) is 4.30. The normalized spacial score (nSPS) is 11.7. The van der Waals surface area contributed by atoms with E-state index in [1.807, 2.05) is 61.5 Å². The van der Waals surface area contributed by atoms with Crippen LogP contribution in [-0.2, 0) is 16.0 Å². The van der Waals surface area contributed by atoms with Crippen molar-refractivity contribution >= 4 is 11.7 Å². The van der Waals surface area contributed by atoms with E-state index in [1.165, 1.54) is 5.56 Å². The van der Waals surface area contributed by atoms with Gasteiger partial charge in [-0.2, -0.15) is 0 Å². The van der Waals surface area contributed by atoms with Crippen LogP contribution < -0.4 is 5.32 Å². The van der Waals surface area contributed by atoms with Crippen molar-refractivity contribution in [3.8, 4) is 0 Å². The Morgan fingerprint density at radius 3 is 2.29 bits per heavy atom. The third-order valence-electron chi connectivity index (χ3n) is 3.33. The van der Waals surface area contributed by atoms with Gasteiger partial charge in [0.25, 0.3) is 0 Å². The Labute approximate surface area is 126 Å². The second kappa shape index (κ2) is 7.48. The van der Waals surface area contributed by atoms with Gasteiger partial charge in [0.2, 0.25) is 0 Å². The molecule has 2 rings (SSSR count). The summed E-state index contributed by atoms with van der Waals surface area (Å²) in [5.74, 6) is -0.259. The third-order valence-corrected chi connectivity index (χ3v) is 3.33. The van der Waals surface area contributed by atoms with Crippen LogP contribution in [0, 0.1) is 0 Å². The van der Waals surface area contributed by atoms with Crippen molar-refractivity contribution in [2.45, 2.75) is 26.3 Å². The summed E-state index contributed by atoms with van der Waals surface area (Å²) >= 11 is 0. The first-order valence-electron chi connectivity index (χ1n) is 7.31. The van der Waals surface area contributed by atoms with Crippen LogP contribution in [0.4, 0.5) is 5.69 Å². The monoisotopic (exact) mass is 283 g/mol. The van der Waals surface area contributed by atoms with Gasteiger partial charge in [-0.05, 0) is 36.6 Å². The first-order valence-corrected chi connectivity index (χ1v) is 7.31. The van der Waals surface area contributed by atoms with Crippen molar-refractivity contribution in [2.24, 2.45) is 0 Å². The molecule has 1 atom stereocenters. The molecule has 0 saturated carbocycles. The van der Waals surface area contributed by atoms with Crippen molar-refractivity contribution in [2.75, 3.05) is 11.9 Å². The highest BCUT2D eigenvalue weighted by molar-refractivity contribution is 5.81. The Kier molecular flexibility index (Phi) is 5.38. The molecule has 2 aromatic carbocycles. The zero-order chi connectivity index (χ0) is 15.1. The number of aryl methyl sites for hydroxylation is 1. The summed E-state index contributed by atoms with van der Waals surface area (Å²) in [5, 5.41) is 3.24. The highest BCUT2D eigenvalue weighted by Gasteiger charge is 2.21. The number of carbonyl (C=O) groups excluding carboxylic acids is 1. The predicted octanol–water partition coefficient (Wildman–Crippen LogP) is 3.97. The molecular weight excluding hydrogens is 262 g/mol. The molecule has 3 heteroatoms. The van der Waals surface area contributed by atoms with Gasteiger partial charge in [0.05, 0.1) is 6.61 Å². The molecule has 1 N–H and O–H groups in total. The van der Waals surface area contributed by atoms with Crippen molar-refractivity contribution < 1.29 is 9.53 Å². The van der Waals surface area contributed by atoms with E-state index in [1.54, 1.807) is 0 Å². The summed E-state index contributed by atoms with van der Waals surface area (Å²) in [7, 11) is 0. The minimum absolute atomic E-state index is 0.259. The van der Waals surface area contributed by atoms with Gasteiger partial charge in [0.1, 0.15) is 0 Å². The molecule has 0 aliphatic rings. The van der Waals surface area contributed by atoms with Crippen molar-refractivity contribution in [3.63, 3.8) is 0 Å². The maximum absolute atomic E-state index is 12.2. The second-order valence-corrected chi connectivity index (χ2v) is 4.79. The quantitative estimate of drug-likeness (QED) is 0.815. The molecule has 0 spiro atoms. The number of hydrogen-bond acceptors (Lipinski definition) is 3. The molecule has 1 unspecified atom stereocenters. The Morgan fingerprint density at radius 1 is 1.05 bits per heavy atom. The first kappa shape index (κ1) is 15.1. The van der Waals surface area contributed by atoms with Gasteiger partial charge >= 0.3 is 5.97 Å². The molecule has 0 heterocycles. The van der Waals surface area contributed by atoms with Crippen LogP contribution in [0.15, 0.2) is 54.6 Å². The van der Waals surface area contributed by atoms with Crippen molar-refractivity contribution in [3.05, 3.63) is 65.7 Å². The van der Waals surface area contributed by atoms with Gasteiger partial charge in [-0.3, -0.25) is 0 Å².